The molecule has 0 saturated carbocycles. The van der Waals surface area contributed by atoms with Gasteiger partial charge in [-0.2, -0.15) is 13.2 Å². The lowest BCUT2D eigenvalue weighted by atomic mass is 9.94. The lowest BCUT2D eigenvalue weighted by Crippen LogP contribution is -2.31. The number of nitrogens with zero attached hydrogens (tertiary/aromatic N) is 2. The summed E-state index contributed by atoms with van der Waals surface area (Å²) in [5.74, 6) is -0.0957. The number of nitrogens with one attached hydrogen (secondary N) is 1. The maximum atomic E-state index is 13.4. The SMILES string of the molecule is O=C1NCCc2cc(-c3ccc4ncc5ccc(=O)n(-c6cccc(C(F)(F)F)c6)c5c4c3)ccc21. The van der Waals surface area contributed by atoms with Crippen LogP contribution in [0.25, 0.3) is 38.6 Å². The van der Waals surface area contributed by atoms with E-state index in [1.807, 2.05) is 30.3 Å². The zero-order valence-corrected chi connectivity index (χ0v) is 18.8. The molecule has 1 amide bonds. The molecular formula is C28H18F3N3O2. The van der Waals surface area contributed by atoms with E-state index in [0.29, 0.717) is 33.9 Å². The van der Waals surface area contributed by atoms with Crippen LogP contribution in [0.4, 0.5) is 13.2 Å². The zero-order valence-electron chi connectivity index (χ0n) is 18.8. The predicted molar refractivity (Wildman–Crippen MR) is 131 cm³/mol. The Bertz CT molecular complexity index is 1760. The van der Waals surface area contributed by atoms with E-state index in [0.717, 1.165) is 35.2 Å². The van der Waals surface area contributed by atoms with Gasteiger partial charge in [-0.15, -0.1) is 0 Å². The molecule has 5 nitrogen and oxygen atoms in total. The molecule has 8 heteroatoms. The maximum Gasteiger partial charge on any atom is 0.416 e. The van der Waals surface area contributed by atoms with E-state index in [1.165, 1.54) is 22.8 Å². The third-order valence-electron chi connectivity index (χ3n) is 6.51. The van der Waals surface area contributed by atoms with Crippen molar-refractivity contribution in [1.29, 1.82) is 0 Å². The number of hydrogen-bond donors (Lipinski definition) is 1. The number of halogens is 3. The summed E-state index contributed by atoms with van der Waals surface area (Å²) in [5.41, 5.74) is 3.27. The molecular weight excluding hydrogens is 467 g/mol. The van der Waals surface area contributed by atoms with E-state index < -0.39 is 17.3 Å². The van der Waals surface area contributed by atoms with E-state index in [9.17, 15) is 22.8 Å². The summed E-state index contributed by atoms with van der Waals surface area (Å²) in [5, 5.41) is 4.09. The van der Waals surface area contributed by atoms with Gasteiger partial charge in [0.1, 0.15) is 0 Å². The highest BCUT2D eigenvalue weighted by Gasteiger charge is 2.30. The molecule has 5 aromatic rings. The molecule has 1 aliphatic rings. The van der Waals surface area contributed by atoms with Crippen LogP contribution in [-0.2, 0) is 12.6 Å². The highest BCUT2D eigenvalue weighted by Crippen LogP contribution is 2.33. The average molecular weight is 485 g/mol. The van der Waals surface area contributed by atoms with Crippen LogP contribution in [0.5, 0.6) is 0 Å². The first-order valence-electron chi connectivity index (χ1n) is 11.3. The van der Waals surface area contributed by atoms with Gasteiger partial charge in [-0.05, 0) is 65.6 Å². The highest BCUT2D eigenvalue weighted by molar-refractivity contribution is 6.05. The number of carbonyl (C=O) groups excluding carboxylic acids is 1. The van der Waals surface area contributed by atoms with Crippen molar-refractivity contribution in [3.63, 3.8) is 0 Å². The standard InChI is InChI=1S/C28H18F3N3O2/c29-28(30,31)20-2-1-3-21(14-20)34-25(35)9-6-19-15-33-24-8-5-17(13-23(24)26(19)34)16-4-7-22-18(12-16)10-11-32-27(22)36/h1-9,12-15H,10-11H2,(H,32,36). The van der Waals surface area contributed by atoms with Gasteiger partial charge in [0.25, 0.3) is 11.5 Å². The van der Waals surface area contributed by atoms with E-state index in [2.05, 4.69) is 10.3 Å². The van der Waals surface area contributed by atoms with Gasteiger partial charge in [-0.25, -0.2) is 0 Å². The number of amides is 1. The Hall–Kier alpha value is -4.46. The van der Waals surface area contributed by atoms with E-state index in [4.69, 9.17) is 0 Å². The van der Waals surface area contributed by atoms with Crippen LogP contribution in [0.1, 0.15) is 21.5 Å². The number of alkyl halides is 3. The van der Waals surface area contributed by atoms with Crippen molar-refractivity contribution < 1.29 is 18.0 Å². The van der Waals surface area contributed by atoms with Crippen LogP contribution < -0.4 is 10.9 Å². The summed E-state index contributed by atoms with van der Waals surface area (Å²) in [6.45, 7) is 0.574. The topological polar surface area (TPSA) is 64.0 Å². The summed E-state index contributed by atoms with van der Waals surface area (Å²) in [4.78, 5) is 29.6. The van der Waals surface area contributed by atoms with Crippen molar-refractivity contribution in [2.75, 3.05) is 6.54 Å². The Kier molecular flexibility index (Phi) is 4.93. The first-order valence-corrected chi connectivity index (χ1v) is 11.3. The second kappa shape index (κ2) is 8.05. The molecule has 1 N–H and O–H groups in total. The highest BCUT2D eigenvalue weighted by atomic mass is 19.4. The average Bonchev–Trinajstić information content (AvgIpc) is 2.88. The molecule has 0 saturated heterocycles. The molecule has 36 heavy (non-hydrogen) atoms. The molecule has 0 bridgehead atoms. The van der Waals surface area contributed by atoms with Gasteiger partial charge in [-0.1, -0.05) is 24.3 Å². The Balaban J connectivity index is 1.60. The van der Waals surface area contributed by atoms with Crippen LogP contribution in [0.15, 0.2) is 83.8 Å². The molecule has 0 spiro atoms. The third-order valence-corrected chi connectivity index (χ3v) is 6.51. The fourth-order valence-corrected chi connectivity index (χ4v) is 4.78. The summed E-state index contributed by atoms with van der Waals surface area (Å²) < 4.78 is 41.5. The molecule has 178 valence electrons. The van der Waals surface area contributed by atoms with Crippen LogP contribution >= 0.6 is 0 Å². The second-order valence-electron chi connectivity index (χ2n) is 8.73. The van der Waals surface area contributed by atoms with E-state index in [1.54, 1.807) is 18.3 Å². The molecule has 6 rings (SSSR count). The minimum Gasteiger partial charge on any atom is -0.352 e. The Morgan fingerprint density at radius 2 is 1.69 bits per heavy atom. The monoisotopic (exact) mass is 485 g/mol. The smallest absolute Gasteiger partial charge is 0.352 e. The second-order valence-corrected chi connectivity index (χ2v) is 8.73. The predicted octanol–water partition coefficient (Wildman–Crippen LogP) is 5.51. The number of fused-ring (bicyclic) bond motifs is 4. The van der Waals surface area contributed by atoms with Gasteiger partial charge in [0.05, 0.1) is 16.6 Å². The van der Waals surface area contributed by atoms with Gasteiger partial charge in [0.15, 0.2) is 0 Å². The molecule has 3 heterocycles. The fourth-order valence-electron chi connectivity index (χ4n) is 4.78. The van der Waals surface area contributed by atoms with Gasteiger partial charge < -0.3 is 5.32 Å². The van der Waals surface area contributed by atoms with Crippen LogP contribution in [0.3, 0.4) is 0 Å². The molecule has 0 aliphatic carbocycles. The Morgan fingerprint density at radius 1 is 0.889 bits per heavy atom. The van der Waals surface area contributed by atoms with Gasteiger partial charge in [-0.3, -0.25) is 19.1 Å². The molecule has 0 radical (unpaired) electrons. The minimum atomic E-state index is -4.54. The van der Waals surface area contributed by atoms with Crippen LogP contribution in [0.2, 0.25) is 0 Å². The Morgan fingerprint density at radius 3 is 2.53 bits per heavy atom. The van der Waals surface area contributed by atoms with Gasteiger partial charge in [0.2, 0.25) is 0 Å². The minimum absolute atomic E-state index is 0.0957. The summed E-state index contributed by atoms with van der Waals surface area (Å²) in [7, 11) is 0. The first-order chi connectivity index (χ1) is 17.3. The van der Waals surface area contributed by atoms with Crippen LogP contribution in [-0.4, -0.2) is 22.0 Å². The summed E-state index contributed by atoms with van der Waals surface area (Å²) in [6.07, 6.45) is -2.20. The molecule has 2 aromatic heterocycles. The van der Waals surface area contributed by atoms with Gasteiger partial charge in [0, 0.05) is 40.8 Å². The van der Waals surface area contributed by atoms with Crippen molar-refractivity contribution >= 4 is 27.7 Å². The molecule has 3 aromatic carbocycles. The normalized spacial score (nSPS) is 13.6. The number of hydrogen-bond acceptors (Lipinski definition) is 3. The summed E-state index contributed by atoms with van der Waals surface area (Å²) in [6, 6.07) is 18.9. The maximum absolute atomic E-state index is 13.4. The Labute approximate surface area is 202 Å². The molecule has 1 aliphatic heterocycles. The summed E-state index contributed by atoms with van der Waals surface area (Å²) >= 11 is 0. The molecule has 0 atom stereocenters. The van der Waals surface area contributed by atoms with Crippen LogP contribution in [0, 0.1) is 0 Å². The van der Waals surface area contributed by atoms with E-state index in [-0.39, 0.29) is 11.6 Å². The first kappa shape index (κ1) is 22.0. The number of benzene rings is 3. The molecule has 0 fully saturated rings. The number of carbonyl (C=O) groups is 1. The number of rotatable bonds is 2. The quantitative estimate of drug-likeness (QED) is 0.336. The largest absolute Gasteiger partial charge is 0.416 e. The third kappa shape index (κ3) is 3.62. The van der Waals surface area contributed by atoms with Gasteiger partial charge >= 0.3 is 6.18 Å². The molecule has 0 unspecified atom stereocenters. The fraction of sp³-hybridized carbons (Fsp3) is 0.107. The van der Waals surface area contributed by atoms with Crippen molar-refractivity contribution in [1.82, 2.24) is 14.9 Å². The number of aromatic nitrogens is 2. The van der Waals surface area contributed by atoms with Crippen molar-refractivity contribution in [3.05, 3.63) is 106 Å². The van der Waals surface area contributed by atoms with Crippen molar-refractivity contribution in [2.45, 2.75) is 12.6 Å². The lowest BCUT2D eigenvalue weighted by molar-refractivity contribution is -0.137. The van der Waals surface area contributed by atoms with Crippen molar-refractivity contribution in [2.24, 2.45) is 0 Å². The van der Waals surface area contributed by atoms with E-state index >= 15 is 0 Å². The lowest BCUT2D eigenvalue weighted by Gasteiger charge is -2.18. The number of pyridine rings is 2. The zero-order chi connectivity index (χ0) is 25.0. The van der Waals surface area contributed by atoms with Crippen molar-refractivity contribution in [3.8, 4) is 16.8 Å².